The molecule has 2 N–H and O–H groups in total. The Hall–Kier alpha value is -0.900. The van der Waals surface area contributed by atoms with Crippen molar-refractivity contribution >= 4 is 0 Å². The molecule has 1 unspecified atom stereocenters. The first-order valence-corrected chi connectivity index (χ1v) is 6.29. The highest BCUT2D eigenvalue weighted by Gasteiger charge is 2.25. The van der Waals surface area contributed by atoms with Gasteiger partial charge in [-0.1, -0.05) is 20.3 Å². The number of rotatable bonds is 5. The van der Waals surface area contributed by atoms with Crippen molar-refractivity contribution in [2.75, 3.05) is 0 Å². The van der Waals surface area contributed by atoms with Gasteiger partial charge in [-0.3, -0.25) is 0 Å². The van der Waals surface area contributed by atoms with E-state index in [0.29, 0.717) is 11.8 Å². The first-order valence-electron chi connectivity index (χ1n) is 6.29. The molecule has 1 atom stereocenters. The SMILES string of the molecule is CC(C)Cn1ncnc1CC(N)C1CCC1. The monoisotopic (exact) mass is 222 g/mol. The fourth-order valence-electron chi connectivity index (χ4n) is 2.19. The molecule has 1 aromatic rings. The van der Waals surface area contributed by atoms with Gasteiger partial charge in [0.25, 0.3) is 0 Å². The van der Waals surface area contributed by atoms with Crippen molar-refractivity contribution in [3.63, 3.8) is 0 Å². The maximum Gasteiger partial charge on any atom is 0.138 e. The van der Waals surface area contributed by atoms with Crippen molar-refractivity contribution in [1.29, 1.82) is 0 Å². The number of aromatic nitrogens is 3. The van der Waals surface area contributed by atoms with Crippen molar-refractivity contribution in [3.8, 4) is 0 Å². The van der Waals surface area contributed by atoms with Gasteiger partial charge in [0.05, 0.1) is 0 Å². The molecular weight excluding hydrogens is 200 g/mol. The van der Waals surface area contributed by atoms with Gasteiger partial charge in [-0.15, -0.1) is 0 Å². The minimum absolute atomic E-state index is 0.267. The molecule has 4 heteroatoms. The lowest BCUT2D eigenvalue weighted by molar-refractivity contribution is 0.256. The van der Waals surface area contributed by atoms with Gasteiger partial charge in [0.1, 0.15) is 12.2 Å². The predicted molar refractivity (Wildman–Crippen MR) is 63.9 cm³/mol. The van der Waals surface area contributed by atoms with Gasteiger partial charge in [-0.2, -0.15) is 5.10 Å². The summed E-state index contributed by atoms with van der Waals surface area (Å²) in [5.41, 5.74) is 6.19. The van der Waals surface area contributed by atoms with E-state index in [1.807, 2.05) is 4.68 Å². The average molecular weight is 222 g/mol. The summed E-state index contributed by atoms with van der Waals surface area (Å²) in [7, 11) is 0. The Morgan fingerprint density at radius 1 is 1.50 bits per heavy atom. The Bertz CT molecular complexity index is 328. The first-order chi connectivity index (χ1) is 7.66. The maximum absolute atomic E-state index is 6.19. The van der Waals surface area contributed by atoms with Crippen molar-refractivity contribution in [3.05, 3.63) is 12.2 Å². The van der Waals surface area contributed by atoms with Crippen molar-refractivity contribution < 1.29 is 0 Å². The smallest absolute Gasteiger partial charge is 0.138 e. The van der Waals surface area contributed by atoms with Crippen LogP contribution in [0.2, 0.25) is 0 Å². The largest absolute Gasteiger partial charge is 0.327 e. The molecule has 4 nitrogen and oxygen atoms in total. The highest BCUT2D eigenvalue weighted by atomic mass is 15.3. The minimum atomic E-state index is 0.267. The topological polar surface area (TPSA) is 56.7 Å². The third-order valence-electron chi connectivity index (χ3n) is 3.41. The summed E-state index contributed by atoms with van der Waals surface area (Å²) in [6.45, 7) is 5.32. The second kappa shape index (κ2) is 4.95. The van der Waals surface area contributed by atoms with Gasteiger partial charge in [-0.05, 0) is 24.7 Å². The van der Waals surface area contributed by atoms with Crippen LogP contribution in [0.5, 0.6) is 0 Å². The third-order valence-corrected chi connectivity index (χ3v) is 3.41. The molecule has 1 saturated carbocycles. The van der Waals surface area contributed by atoms with E-state index in [1.165, 1.54) is 19.3 Å². The van der Waals surface area contributed by atoms with Gasteiger partial charge in [-0.25, -0.2) is 9.67 Å². The lowest BCUT2D eigenvalue weighted by atomic mass is 9.79. The molecule has 0 saturated heterocycles. The minimum Gasteiger partial charge on any atom is -0.327 e. The van der Waals surface area contributed by atoms with Crippen LogP contribution in [0.4, 0.5) is 0 Å². The molecule has 0 radical (unpaired) electrons. The van der Waals surface area contributed by atoms with Crippen LogP contribution >= 0.6 is 0 Å². The Balaban J connectivity index is 1.94. The lowest BCUT2D eigenvalue weighted by Crippen LogP contribution is -2.37. The van der Waals surface area contributed by atoms with Crippen LogP contribution in [0.15, 0.2) is 6.33 Å². The molecule has 1 fully saturated rings. The summed E-state index contributed by atoms with van der Waals surface area (Å²) in [5, 5.41) is 4.26. The van der Waals surface area contributed by atoms with Gasteiger partial charge in [0.2, 0.25) is 0 Å². The summed E-state index contributed by atoms with van der Waals surface area (Å²) in [5.74, 6) is 2.36. The Labute approximate surface area is 97.2 Å². The molecular formula is C12H22N4. The maximum atomic E-state index is 6.19. The molecule has 0 aromatic carbocycles. The van der Waals surface area contributed by atoms with Gasteiger partial charge in [0, 0.05) is 19.0 Å². The van der Waals surface area contributed by atoms with E-state index < -0.39 is 0 Å². The standard InChI is InChI=1S/C12H22N4/c1-9(2)7-16-12(14-8-15-16)6-11(13)10-4-3-5-10/h8-11H,3-7,13H2,1-2H3. The normalized spacial score (nSPS) is 18.8. The fraction of sp³-hybridized carbons (Fsp3) is 0.833. The molecule has 0 amide bonds. The average Bonchev–Trinajstić information content (AvgIpc) is 2.48. The molecule has 0 bridgehead atoms. The second-order valence-corrected chi connectivity index (χ2v) is 5.31. The van der Waals surface area contributed by atoms with Crippen LogP contribution in [0.3, 0.4) is 0 Å². The number of nitrogens with two attached hydrogens (primary N) is 1. The van der Waals surface area contributed by atoms with Crippen LogP contribution in [0, 0.1) is 11.8 Å². The molecule has 0 aliphatic heterocycles. The van der Waals surface area contributed by atoms with Crippen LogP contribution in [0.1, 0.15) is 38.9 Å². The van der Waals surface area contributed by atoms with E-state index >= 15 is 0 Å². The molecule has 1 aromatic heterocycles. The first kappa shape index (κ1) is 11.6. The van der Waals surface area contributed by atoms with Crippen LogP contribution in [-0.4, -0.2) is 20.8 Å². The van der Waals surface area contributed by atoms with E-state index in [2.05, 4.69) is 23.9 Å². The van der Waals surface area contributed by atoms with Crippen LogP contribution < -0.4 is 5.73 Å². The van der Waals surface area contributed by atoms with Crippen molar-refractivity contribution in [2.24, 2.45) is 17.6 Å². The zero-order valence-electron chi connectivity index (χ0n) is 10.3. The zero-order chi connectivity index (χ0) is 11.5. The Morgan fingerprint density at radius 3 is 2.81 bits per heavy atom. The number of hydrogen-bond donors (Lipinski definition) is 1. The van der Waals surface area contributed by atoms with E-state index in [-0.39, 0.29) is 6.04 Å². The summed E-state index contributed by atoms with van der Waals surface area (Å²) in [6, 6.07) is 0.267. The molecule has 1 heterocycles. The zero-order valence-corrected chi connectivity index (χ0v) is 10.3. The number of nitrogens with zero attached hydrogens (tertiary/aromatic N) is 3. The fourth-order valence-corrected chi connectivity index (χ4v) is 2.19. The Morgan fingerprint density at radius 2 is 2.25 bits per heavy atom. The Kier molecular flexibility index (Phi) is 3.59. The lowest BCUT2D eigenvalue weighted by Gasteiger charge is -2.31. The molecule has 1 aliphatic carbocycles. The summed E-state index contributed by atoms with van der Waals surface area (Å²) in [6.07, 6.45) is 6.44. The van der Waals surface area contributed by atoms with Gasteiger partial charge in [0.15, 0.2) is 0 Å². The summed E-state index contributed by atoms with van der Waals surface area (Å²) in [4.78, 5) is 4.32. The number of hydrogen-bond acceptors (Lipinski definition) is 3. The predicted octanol–water partition coefficient (Wildman–Crippen LogP) is 1.60. The van der Waals surface area contributed by atoms with Crippen LogP contribution in [0.25, 0.3) is 0 Å². The van der Waals surface area contributed by atoms with Crippen molar-refractivity contribution in [2.45, 2.75) is 52.1 Å². The van der Waals surface area contributed by atoms with E-state index in [9.17, 15) is 0 Å². The van der Waals surface area contributed by atoms with E-state index in [4.69, 9.17) is 5.73 Å². The highest BCUT2D eigenvalue weighted by Crippen LogP contribution is 2.29. The molecule has 90 valence electrons. The highest BCUT2D eigenvalue weighted by molar-refractivity contribution is 4.93. The molecule has 1 aliphatic rings. The second-order valence-electron chi connectivity index (χ2n) is 5.31. The summed E-state index contributed by atoms with van der Waals surface area (Å²) < 4.78 is 2.00. The molecule has 0 spiro atoms. The van der Waals surface area contributed by atoms with E-state index in [0.717, 1.165) is 18.8 Å². The summed E-state index contributed by atoms with van der Waals surface area (Å²) >= 11 is 0. The molecule has 16 heavy (non-hydrogen) atoms. The third kappa shape index (κ3) is 2.61. The quantitative estimate of drug-likeness (QED) is 0.823. The van der Waals surface area contributed by atoms with E-state index in [1.54, 1.807) is 6.33 Å². The molecule has 2 rings (SSSR count). The van der Waals surface area contributed by atoms with Gasteiger partial charge < -0.3 is 5.73 Å². The van der Waals surface area contributed by atoms with Gasteiger partial charge >= 0.3 is 0 Å². The van der Waals surface area contributed by atoms with Crippen LogP contribution in [-0.2, 0) is 13.0 Å². The van der Waals surface area contributed by atoms with Crippen molar-refractivity contribution in [1.82, 2.24) is 14.8 Å².